The Bertz CT molecular complexity index is 865. The molecule has 4 rings (SSSR count). The Morgan fingerprint density at radius 1 is 1.36 bits per heavy atom. The number of aromatic nitrogens is 1. The third-order valence-corrected chi connectivity index (χ3v) is 6.41. The van der Waals surface area contributed by atoms with Crippen LogP contribution in [0.1, 0.15) is 25.0 Å². The summed E-state index contributed by atoms with van der Waals surface area (Å²) in [5.74, 6) is 0.186. The van der Waals surface area contributed by atoms with Crippen molar-refractivity contribution >= 4 is 38.3 Å². The second-order valence-electron chi connectivity index (χ2n) is 7.04. The van der Waals surface area contributed by atoms with E-state index < -0.39 is 0 Å². The average Bonchev–Trinajstić information content (AvgIpc) is 2.93. The molecule has 0 bridgehead atoms. The van der Waals surface area contributed by atoms with E-state index in [4.69, 9.17) is 0 Å². The van der Waals surface area contributed by atoms with Crippen LogP contribution in [0.25, 0.3) is 16.5 Å². The lowest BCUT2D eigenvalue weighted by molar-refractivity contribution is -0.134. The van der Waals surface area contributed by atoms with Gasteiger partial charge in [-0.15, -0.1) is 0 Å². The van der Waals surface area contributed by atoms with Gasteiger partial charge in [0.05, 0.1) is 10.5 Å². The van der Waals surface area contributed by atoms with Crippen LogP contribution in [0.3, 0.4) is 0 Å². The van der Waals surface area contributed by atoms with E-state index in [1.54, 1.807) is 0 Å². The highest BCUT2D eigenvalue weighted by Gasteiger charge is 2.37. The molecule has 1 aromatic heterocycles. The highest BCUT2D eigenvalue weighted by Crippen LogP contribution is 2.43. The molecule has 2 atom stereocenters. The van der Waals surface area contributed by atoms with Gasteiger partial charge in [0.1, 0.15) is 0 Å². The highest BCUT2D eigenvalue weighted by atomic mass is 79.9. The molecule has 5 heteroatoms. The van der Waals surface area contributed by atoms with E-state index in [-0.39, 0.29) is 11.8 Å². The largest absolute Gasteiger partial charge is 0.349 e. The van der Waals surface area contributed by atoms with Crippen molar-refractivity contribution in [2.24, 2.45) is 5.92 Å². The van der Waals surface area contributed by atoms with E-state index in [9.17, 15) is 4.79 Å². The zero-order chi connectivity index (χ0) is 17.7. The third-order valence-electron chi connectivity index (χ3n) is 5.73. The molecule has 0 spiro atoms. The van der Waals surface area contributed by atoms with Crippen molar-refractivity contribution in [3.05, 3.63) is 40.0 Å². The van der Waals surface area contributed by atoms with E-state index in [1.807, 2.05) is 4.90 Å². The Kier molecular flexibility index (Phi) is 4.24. The van der Waals surface area contributed by atoms with Gasteiger partial charge in [-0.1, -0.05) is 18.2 Å². The number of carbonyl (C=O) groups excluding carboxylic acids is 1. The van der Waals surface area contributed by atoms with Gasteiger partial charge >= 0.3 is 0 Å². The molecule has 1 aromatic carbocycles. The molecular weight excluding hydrogens is 378 g/mol. The summed E-state index contributed by atoms with van der Waals surface area (Å²) in [5, 5.41) is 1.31. The first-order valence-electron chi connectivity index (χ1n) is 9.05. The van der Waals surface area contributed by atoms with E-state index in [0.717, 1.165) is 30.7 Å². The number of nitrogens with one attached hydrogen (secondary N) is 1. The summed E-state index contributed by atoms with van der Waals surface area (Å²) < 4.78 is 1.09. The minimum atomic E-state index is -0.0599. The predicted molar refractivity (Wildman–Crippen MR) is 106 cm³/mol. The average molecular weight is 402 g/mol. The summed E-state index contributed by atoms with van der Waals surface area (Å²) in [6, 6.07) is 6.76. The molecule has 1 aliphatic carbocycles. The number of aromatic amines is 1. The molecule has 0 saturated carbocycles. The molecule has 0 saturated heterocycles. The van der Waals surface area contributed by atoms with Crippen molar-refractivity contribution < 1.29 is 4.79 Å². The monoisotopic (exact) mass is 401 g/mol. The van der Waals surface area contributed by atoms with Gasteiger partial charge in [0, 0.05) is 36.6 Å². The molecule has 0 fully saturated rings. The summed E-state index contributed by atoms with van der Waals surface area (Å²) >= 11 is 3.69. The first-order valence-corrected chi connectivity index (χ1v) is 9.84. The Hall–Kier alpha value is -1.59. The Balaban J connectivity index is 1.83. The molecular formula is C20H24BrN3O. The smallest absolute Gasteiger partial charge is 0.230 e. The molecule has 1 N–H and O–H groups in total. The zero-order valence-corrected chi connectivity index (χ0v) is 16.6. The fraction of sp³-hybridized carbons (Fsp3) is 0.450. The first-order chi connectivity index (χ1) is 12.0. The second-order valence-corrected chi connectivity index (χ2v) is 7.84. The summed E-state index contributed by atoms with van der Waals surface area (Å²) in [5.41, 5.74) is 5.10. The summed E-state index contributed by atoms with van der Waals surface area (Å²) in [6.07, 6.45) is 3.22. The SMILES string of the molecule is CCN(CC)C(=O)C1C=C2c3cccc4[nH]c(Br)c(c34)C[C@H]2N(C)C1. The maximum atomic E-state index is 12.9. The topological polar surface area (TPSA) is 39.3 Å². The van der Waals surface area contributed by atoms with E-state index >= 15 is 0 Å². The lowest BCUT2D eigenvalue weighted by atomic mass is 9.79. The van der Waals surface area contributed by atoms with Gasteiger partial charge < -0.3 is 9.88 Å². The molecule has 2 aliphatic rings. The number of hydrogen-bond donors (Lipinski definition) is 1. The molecule has 132 valence electrons. The lowest BCUT2D eigenvalue weighted by Gasteiger charge is -2.40. The van der Waals surface area contributed by atoms with E-state index in [1.165, 1.54) is 27.6 Å². The molecule has 1 aliphatic heterocycles. The second kappa shape index (κ2) is 6.29. The number of rotatable bonds is 3. The van der Waals surface area contributed by atoms with Crippen LogP contribution < -0.4 is 0 Å². The maximum absolute atomic E-state index is 12.9. The first kappa shape index (κ1) is 16.9. The number of H-pyrrole nitrogens is 1. The molecule has 1 amide bonds. The van der Waals surface area contributed by atoms with Crippen molar-refractivity contribution in [1.29, 1.82) is 0 Å². The number of carbonyl (C=O) groups is 1. The fourth-order valence-electron chi connectivity index (χ4n) is 4.42. The minimum absolute atomic E-state index is 0.0599. The van der Waals surface area contributed by atoms with Gasteiger partial charge in [0.15, 0.2) is 0 Å². The van der Waals surface area contributed by atoms with Gasteiger partial charge in [0.25, 0.3) is 0 Å². The number of nitrogens with zero attached hydrogens (tertiary/aromatic N) is 2. The standard InChI is InChI=1S/C20H24BrN3O/c1-4-24(5-2)20(25)12-9-14-13-7-6-8-16-18(13)15(19(21)22-16)10-17(14)23(3)11-12/h6-9,12,17,22H,4-5,10-11H2,1-3H3/t12?,17-/m1/s1. The van der Waals surface area contributed by atoms with Crippen molar-refractivity contribution in [3.63, 3.8) is 0 Å². The maximum Gasteiger partial charge on any atom is 0.230 e. The summed E-state index contributed by atoms with van der Waals surface area (Å²) in [4.78, 5) is 20.7. The zero-order valence-electron chi connectivity index (χ0n) is 15.0. The molecule has 0 radical (unpaired) electrons. The number of likely N-dealkylation sites (N-methyl/N-ethyl adjacent to an activating group) is 1. The van der Waals surface area contributed by atoms with Crippen LogP contribution in [0.2, 0.25) is 0 Å². The normalized spacial score (nSPS) is 22.6. The fourth-order valence-corrected chi connectivity index (χ4v) is 4.99. The lowest BCUT2D eigenvalue weighted by Crippen LogP contribution is -2.47. The van der Waals surface area contributed by atoms with Crippen LogP contribution in [0, 0.1) is 5.92 Å². The van der Waals surface area contributed by atoms with Gasteiger partial charge in [-0.3, -0.25) is 9.69 Å². The number of halogens is 1. The number of amides is 1. The quantitative estimate of drug-likeness (QED) is 0.851. The van der Waals surface area contributed by atoms with Gasteiger partial charge in [-0.2, -0.15) is 0 Å². The highest BCUT2D eigenvalue weighted by molar-refractivity contribution is 9.10. The Morgan fingerprint density at radius 2 is 2.12 bits per heavy atom. The van der Waals surface area contributed by atoms with Crippen molar-refractivity contribution in [3.8, 4) is 0 Å². The molecule has 2 aromatic rings. The number of hydrogen-bond acceptors (Lipinski definition) is 2. The number of fused-ring (bicyclic) bond motifs is 2. The minimum Gasteiger partial charge on any atom is -0.349 e. The third kappa shape index (κ3) is 2.56. The molecule has 1 unspecified atom stereocenters. The predicted octanol–water partition coefficient (Wildman–Crippen LogP) is 3.67. The summed E-state index contributed by atoms with van der Waals surface area (Å²) in [6.45, 7) is 6.43. The van der Waals surface area contributed by atoms with Crippen LogP contribution in [-0.2, 0) is 11.2 Å². The van der Waals surface area contributed by atoms with Crippen molar-refractivity contribution in [2.45, 2.75) is 26.3 Å². The van der Waals surface area contributed by atoms with Crippen molar-refractivity contribution in [2.75, 3.05) is 26.7 Å². The van der Waals surface area contributed by atoms with Gasteiger partial charge in [0.2, 0.25) is 5.91 Å². The molecule has 25 heavy (non-hydrogen) atoms. The van der Waals surface area contributed by atoms with E-state index in [0.29, 0.717) is 6.04 Å². The Morgan fingerprint density at radius 3 is 2.84 bits per heavy atom. The molecule has 2 heterocycles. The summed E-state index contributed by atoms with van der Waals surface area (Å²) in [7, 11) is 2.14. The van der Waals surface area contributed by atoms with Gasteiger partial charge in [-0.05, 0) is 66.0 Å². The number of benzene rings is 1. The molecule has 4 nitrogen and oxygen atoms in total. The van der Waals surface area contributed by atoms with Gasteiger partial charge in [-0.25, -0.2) is 0 Å². The van der Waals surface area contributed by atoms with Crippen LogP contribution in [0.5, 0.6) is 0 Å². The Labute approximate surface area is 157 Å². The van der Waals surface area contributed by atoms with Crippen LogP contribution in [0.4, 0.5) is 0 Å². The van der Waals surface area contributed by atoms with Crippen LogP contribution >= 0.6 is 15.9 Å². The van der Waals surface area contributed by atoms with E-state index in [2.05, 4.69) is 71.0 Å². The van der Waals surface area contributed by atoms with Crippen LogP contribution in [-0.4, -0.2) is 53.4 Å². The van der Waals surface area contributed by atoms with Crippen molar-refractivity contribution in [1.82, 2.24) is 14.8 Å². The van der Waals surface area contributed by atoms with Crippen LogP contribution in [0.15, 0.2) is 28.9 Å².